The quantitative estimate of drug-likeness (QED) is 0.467. The first kappa shape index (κ1) is 26.0. The highest BCUT2D eigenvalue weighted by molar-refractivity contribution is 8.14. The van der Waals surface area contributed by atoms with Crippen LogP contribution in [0.2, 0.25) is 0 Å². The second-order valence-corrected chi connectivity index (χ2v) is 9.80. The molecule has 0 heterocycles. The van der Waals surface area contributed by atoms with Gasteiger partial charge in [0.2, 0.25) is 16.1 Å². The van der Waals surface area contributed by atoms with Gasteiger partial charge in [-0.1, -0.05) is 68.1 Å². The van der Waals surface area contributed by atoms with E-state index in [4.69, 9.17) is 0 Å². The SMILES string of the molecule is CCN(C)c1ccc(CC[C@@H](NC(=O)C(C)(C)CSC(=O)c2ccccc2)C(=O)S)cc1. The van der Waals surface area contributed by atoms with E-state index >= 15 is 0 Å². The van der Waals surface area contributed by atoms with Crippen molar-refractivity contribution >= 4 is 46.2 Å². The first-order chi connectivity index (χ1) is 15.1. The van der Waals surface area contributed by atoms with E-state index < -0.39 is 11.5 Å². The summed E-state index contributed by atoms with van der Waals surface area (Å²) in [6.45, 7) is 6.57. The number of aryl methyl sites for hydroxylation is 1. The Kier molecular flexibility index (Phi) is 9.84. The minimum Gasteiger partial charge on any atom is -0.375 e. The summed E-state index contributed by atoms with van der Waals surface area (Å²) in [5, 5.41) is 2.38. The van der Waals surface area contributed by atoms with Gasteiger partial charge in [0.05, 0.1) is 11.5 Å². The zero-order chi connectivity index (χ0) is 23.7. The Labute approximate surface area is 200 Å². The average Bonchev–Trinajstić information content (AvgIpc) is 2.80. The molecule has 0 fully saturated rings. The number of carbonyl (C=O) groups is 3. The van der Waals surface area contributed by atoms with Crippen molar-refractivity contribution in [3.05, 3.63) is 65.7 Å². The number of nitrogens with zero attached hydrogens (tertiary/aromatic N) is 1. The van der Waals surface area contributed by atoms with Crippen LogP contribution in [0.3, 0.4) is 0 Å². The number of hydrogen-bond donors (Lipinski definition) is 2. The summed E-state index contributed by atoms with van der Waals surface area (Å²) in [6, 6.07) is 16.5. The minimum atomic E-state index is -0.816. The van der Waals surface area contributed by atoms with Crippen molar-refractivity contribution in [2.45, 2.75) is 39.7 Å². The van der Waals surface area contributed by atoms with Crippen molar-refractivity contribution in [1.29, 1.82) is 0 Å². The van der Waals surface area contributed by atoms with Crippen LogP contribution in [0, 0.1) is 5.41 Å². The van der Waals surface area contributed by atoms with Crippen LogP contribution in [0.25, 0.3) is 0 Å². The standard InChI is InChI=1S/C25H32N2O3S2/c1-5-27(4)20-14-11-18(12-15-20)13-16-21(22(28)31)26-24(30)25(2,3)17-32-23(29)19-9-7-6-8-10-19/h6-12,14-15,21H,5,13,16-17H2,1-4H3,(H,26,30)(H,28,31)/t21-/m1/s1. The number of nitrogens with one attached hydrogen (secondary N) is 1. The van der Waals surface area contributed by atoms with Crippen LogP contribution >= 0.6 is 24.4 Å². The molecule has 2 aromatic rings. The lowest BCUT2D eigenvalue weighted by molar-refractivity contribution is -0.130. The molecule has 1 amide bonds. The number of thioether (sulfide) groups is 1. The summed E-state index contributed by atoms with van der Waals surface area (Å²) in [7, 11) is 2.04. The van der Waals surface area contributed by atoms with Gasteiger partial charge in [0.25, 0.3) is 0 Å². The minimum absolute atomic E-state index is 0.0783. The summed E-state index contributed by atoms with van der Waals surface area (Å²) >= 11 is 5.09. The van der Waals surface area contributed by atoms with E-state index in [1.54, 1.807) is 26.0 Å². The number of hydrogen-bond acceptors (Lipinski definition) is 5. The third kappa shape index (κ3) is 7.71. The zero-order valence-electron chi connectivity index (χ0n) is 19.1. The molecule has 0 aromatic heterocycles. The van der Waals surface area contributed by atoms with Crippen molar-refractivity contribution in [2.24, 2.45) is 5.41 Å². The normalized spacial score (nSPS) is 12.2. The van der Waals surface area contributed by atoms with Crippen LogP contribution in [0.1, 0.15) is 43.1 Å². The van der Waals surface area contributed by atoms with Crippen LogP contribution in [-0.2, 0) is 16.0 Å². The van der Waals surface area contributed by atoms with Gasteiger partial charge in [0.15, 0.2) is 0 Å². The number of rotatable bonds is 11. The van der Waals surface area contributed by atoms with Gasteiger partial charge in [0.1, 0.15) is 0 Å². The van der Waals surface area contributed by atoms with Gasteiger partial charge in [-0.15, -0.1) is 12.6 Å². The summed E-state index contributed by atoms with van der Waals surface area (Å²) in [5.41, 5.74) is 2.02. The topological polar surface area (TPSA) is 66.5 Å². The smallest absolute Gasteiger partial charge is 0.227 e. The van der Waals surface area contributed by atoms with Crippen molar-refractivity contribution in [1.82, 2.24) is 5.32 Å². The molecule has 0 aliphatic carbocycles. The number of carbonyl (C=O) groups excluding carboxylic acids is 3. The molecule has 0 bridgehead atoms. The maximum atomic E-state index is 12.9. The molecule has 0 saturated carbocycles. The van der Waals surface area contributed by atoms with Crippen LogP contribution < -0.4 is 10.2 Å². The van der Waals surface area contributed by atoms with Gasteiger partial charge in [-0.2, -0.15) is 0 Å². The van der Waals surface area contributed by atoms with Crippen LogP contribution in [0.5, 0.6) is 0 Å². The lowest BCUT2D eigenvalue weighted by Crippen LogP contribution is -2.46. The van der Waals surface area contributed by atoms with E-state index in [1.165, 1.54) is 0 Å². The highest BCUT2D eigenvalue weighted by Crippen LogP contribution is 2.25. The molecule has 0 aliphatic rings. The predicted octanol–water partition coefficient (Wildman–Crippen LogP) is 4.62. The highest BCUT2D eigenvalue weighted by Gasteiger charge is 2.31. The second-order valence-electron chi connectivity index (χ2n) is 8.41. The molecule has 2 aromatic carbocycles. The van der Waals surface area contributed by atoms with E-state index in [9.17, 15) is 14.4 Å². The number of benzene rings is 2. The predicted molar refractivity (Wildman–Crippen MR) is 137 cm³/mol. The van der Waals surface area contributed by atoms with Gasteiger partial charge in [-0.3, -0.25) is 14.4 Å². The van der Waals surface area contributed by atoms with Gasteiger partial charge in [-0.05, 0) is 37.5 Å². The zero-order valence-corrected chi connectivity index (χ0v) is 20.8. The summed E-state index contributed by atoms with van der Waals surface area (Å²) in [4.78, 5) is 39.4. The molecule has 172 valence electrons. The molecule has 1 N–H and O–H groups in total. The number of amides is 1. The first-order valence-corrected chi connectivity index (χ1v) is 12.1. The van der Waals surface area contributed by atoms with Crippen molar-refractivity contribution in [3.63, 3.8) is 0 Å². The Balaban J connectivity index is 1.92. The summed E-state index contributed by atoms with van der Waals surface area (Å²) in [5.74, 6) is 0.0464. The fourth-order valence-corrected chi connectivity index (χ4v) is 4.11. The van der Waals surface area contributed by atoms with E-state index in [-0.39, 0.29) is 16.1 Å². The molecule has 5 nitrogen and oxygen atoms in total. The van der Waals surface area contributed by atoms with E-state index in [1.807, 2.05) is 37.4 Å². The molecular formula is C25H32N2O3S2. The third-order valence-electron chi connectivity index (χ3n) is 5.36. The molecular weight excluding hydrogens is 440 g/mol. The maximum absolute atomic E-state index is 12.9. The molecule has 2 rings (SSSR count). The molecule has 0 unspecified atom stereocenters. The summed E-state index contributed by atoms with van der Waals surface area (Å²) < 4.78 is 0. The van der Waals surface area contributed by atoms with Gasteiger partial charge in [0, 0.05) is 30.6 Å². The van der Waals surface area contributed by atoms with Crippen LogP contribution in [-0.4, -0.2) is 41.5 Å². The Hall–Kier alpha value is -2.25. The highest BCUT2D eigenvalue weighted by atomic mass is 32.2. The van der Waals surface area contributed by atoms with Crippen LogP contribution in [0.4, 0.5) is 5.69 Å². The van der Waals surface area contributed by atoms with Gasteiger partial charge < -0.3 is 10.2 Å². The maximum Gasteiger partial charge on any atom is 0.227 e. The Morgan fingerprint density at radius 3 is 2.25 bits per heavy atom. The molecule has 32 heavy (non-hydrogen) atoms. The van der Waals surface area contributed by atoms with Gasteiger partial charge >= 0.3 is 0 Å². The Morgan fingerprint density at radius 1 is 1.06 bits per heavy atom. The van der Waals surface area contributed by atoms with Gasteiger partial charge in [-0.25, -0.2) is 0 Å². The van der Waals surface area contributed by atoms with Crippen molar-refractivity contribution < 1.29 is 14.4 Å². The molecule has 0 radical (unpaired) electrons. The number of anilines is 1. The summed E-state index contributed by atoms with van der Waals surface area (Å²) in [6.07, 6.45) is 1.11. The molecule has 0 saturated heterocycles. The fraction of sp³-hybridized carbons (Fsp3) is 0.400. The molecule has 1 atom stereocenters. The Bertz CT molecular complexity index is 915. The van der Waals surface area contributed by atoms with E-state index in [2.05, 4.69) is 41.9 Å². The van der Waals surface area contributed by atoms with Crippen molar-refractivity contribution in [2.75, 3.05) is 24.2 Å². The van der Waals surface area contributed by atoms with E-state index in [0.29, 0.717) is 24.2 Å². The lowest BCUT2D eigenvalue weighted by Gasteiger charge is -2.26. The Morgan fingerprint density at radius 2 is 1.69 bits per heavy atom. The number of thiol groups is 1. The second kappa shape index (κ2) is 12.1. The molecule has 0 aliphatic heterocycles. The molecule has 0 spiro atoms. The molecule has 7 heteroatoms. The largest absolute Gasteiger partial charge is 0.375 e. The average molecular weight is 473 g/mol. The third-order valence-corrected chi connectivity index (χ3v) is 7.04. The first-order valence-electron chi connectivity index (χ1n) is 10.7. The fourth-order valence-electron chi connectivity index (χ4n) is 2.99. The van der Waals surface area contributed by atoms with Crippen molar-refractivity contribution in [3.8, 4) is 0 Å². The monoisotopic (exact) mass is 472 g/mol. The lowest BCUT2D eigenvalue weighted by atomic mass is 9.94. The van der Waals surface area contributed by atoms with E-state index in [0.717, 1.165) is 29.6 Å². The van der Waals surface area contributed by atoms with Crippen LogP contribution in [0.15, 0.2) is 54.6 Å².